The molecule has 66 valence electrons. The summed E-state index contributed by atoms with van der Waals surface area (Å²) in [6, 6.07) is 0. The van der Waals surface area contributed by atoms with E-state index in [-0.39, 0.29) is 0 Å². The van der Waals surface area contributed by atoms with Crippen LogP contribution in [0.4, 0.5) is 0 Å². The van der Waals surface area contributed by atoms with Gasteiger partial charge in [-0.05, 0) is 29.4 Å². The summed E-state index contributed by atoms with van der Waals surface area (Å²) in [7, 11) is 0. The number of allylic oxidation sites excluding steroid dienone is 5. The molecule has 0 heteroatoms. The molecule has 1 aliphatic carbocycles. The van der Waals surface area contributed by atoms with Crippen LogP contribution in [0.1, 0.15) is 27.2 Å². The lowest BCUT2D eigenvalue weighted by atomic mass is 9.89. The molecule has 0 aliphatic heterocycles. The van der Waals surface area contributed by atoms with Crippen LogP contribution >= 0.6 is 0 Å². The quantitative estimate of drug-likeness (QED) is 0.593. The van der Waals surface area contributed by atoms with Crippen LogP contribution in [0.25, 0.3) is 0 Å². The Kier molecular flexibility index (Phi) is 2.91. The summed E-state index contributed by atoms with van der Waals surface area (Å²) in [6.07, 6.45) is 7.63. The lowest BCUT2D eigenvalue weighted by Crippen LogP contribution is -2.03. The van der Waals surface area contributed by atoms with E-state index < -0.39 is 0 Å². The molecule has 0 N–H and O–H groups in total. The monoisotopic (exact) mass is 162 g/mol. The lowest BCUT2D eigenvalue weighted by Gasteiger charge is -2.16. The Labute approximate surface area is 75.7 Å². The van der Waals surface area contributed by atoms with Crippen LogP contribution in [0.3, 0.4) is 0 Å². The minimum atomic E-state index is 0.660. The van der Waals surface area contributed by atoms with Crippen molar-refractivity contribution in [2.45, 2.75) is 27.2 Å². The highest BCUT2D eigenvalue weighted by atomic mass is 14.2. The van der Waals surface area contributed by atoms with Gasteiger partial charge in [0.15, 0.2) is 0 Å². The maximum Gasteiger partial charge on any atom is -0.0182 e. The van der Waals surface area contributed by atoms with Crippen LogP contribution in [0.15, 0.2) is 36.0 Å². The van der Waals surface area contributed by atoms with Gasteiger partial charge in [0.05, 0.1) is 0 Å². The third-order valence-corrected chi connectivity index (χ3v) is 2.30. The summed E-state index contributed by atoms with van der Waals surface area (Å²) < 4.78 is 0. The van der Waals surface area contributed by atoms with Crippen molar-refractivity contribution in [1.82, 2.24) is 0 Å². The van der Waals surface area contributed by atoms with Crippen molar-refractivity contribution in [2.24, 2.45) is 11.8 Å². The third-order valence-electron chi connectivity index (χ3n) is 2.30. The van der Waals surface area contributed by atoms with E-state index in [1.807, 2.05) is 0 Å². The Balaban J connectivity index is 2.54. The van der Waals surface area contributed by atoms with Crippen LogP contribution in [0, 0.1) is 11.8 Å². The van der Waals surface area contributed by atoms with Crippen LogP contribution < -0.4 is 0 Å². The normalized spacial score (nSPS) is 18.7. The minimum absolute atomic E-state index is 0.660. The van der Waals surface area contributed by atoms with Gasteiger partial charge in [0.25, 0.3) is 0 Å². The predicted molar refractivity (Wildman–Crippen MR) is 55.0 cm³/mol. The van der Waals surface area contributed by atoms with Gasteiger partial charge in [-0.1, -0.05) is 45.6 Å². The molecule has 0 radical (unpaired) electrons. The predicted octanol–water partition coefficient (Wildman–Crippen LogP) is 3.72. The van der Waals surface area contributed by atoms with Crippen molar-refractivity contribution in [2.75, 3.05) is 0 Å². The summed E-state index contributed by atoms with van der Waals surface area (Å²) in [5.74, 6) is 1.43. The molecule has 12 heavy (non-hydrogen) atoms. The second kappa shape index (κ2) is 3.75. The topological polar surface area (TPSA) is 0 Å². The van der Waals surface area contributed by atoms with Gasteiger partial charge in [-0.2, -0.15) is 0 Å². The first-order chi connectivity index (χ1) is 5.61. The SMILES string of the molecule is C=C1C=CC=C1C(C)CC(C)C. The molecular formula is C12H18. The maximum atomic E-state index is 4.01. The first-order valence-electron chi connectivity index (χ1n) is 4.68. The van der Waals surface area contributed by atoms with Crippen molar-refractivity contribution in [1.29, 1.82) is 0 Å². The van der Waals surface area contributed by atoms with Crippen LogP contribution in [-0.4, -0.2) is 0 Å². The van der Waals surface area contributed by atoms with Crippen LogP contribution in [-0.2, 0) is 0 Å². The third kappa shape index (κ3) is 2.10. The van der Waals surface area contributed by atoms with E-state index in [4.69, 9.17) is 0 Å². The summed E-state index contributed by atoms with van der Waals surface area (Å²) in [6.45, 7) is 10.8. The lowest BCUT2D eigenvalue weighted by molar-refractivity contribution is 0.490. The molecule has 0 heterocycles. The standard InChI is InChI=1S/C12H18/c1-9(2)8-11(4)12-7-5-6-10(12)3/h5-7,9,11H,3,8H2,1-2,4H3. The van der Waals surface area contributed by atoms with Gasteiger partial charge < -0.3 is 0 Å². The van der Waals surface area contributed by atoms with Crippen LogP contribution in [0.5, 0.6) is 0 Å². The van der Waals surface area contributed by atoms with E-state index in [1.165, 1.54) is 17.6 Å². The summed E-state index contributed by atoms with van der Waals surface area (Å²) in [5, 5.41) is 0. The number of rotatable bonds is 3. The van der Waals surface area contributed by atoms with E-state index in [2.05, 4.69) is 45.6 Å². The van der Waals surface area contributed by atoms with E-state index in [9.17, 15) is 0 Å². The zero-order chi connectivity index (χ0) is 9.14. The molecule has 1 rings (SSSR count). The fourth-order valence-corrected chi connectivity index (χ4v) is 1.79. The second-order valence-corrected chi connectivity index (χ2v) is 4.04. The molecule has 0 saturated heterocycles. The fraction of sp³-hybridized carbons (Fsp3) is 0.500. The van der Waals surface area contributed by atoms with Crippen molar-refractivity contribution >= 4 is 0 Å². The van der Waals surface area contributed by atoms with Gasteiger partial charge in [0, 0.05) is 0 Å². The Morgan fingerprint density at radius 2 is 2.00 bits per heavy atom. The smallest absolute Gasteiger partial charge is 0.0182 e. The van der Waals surface area contributed by atoms with Gasteiger partial charge >= 0.3 is 0 Å². The summed E-state index contributed by atoms with van der Waals surface area (Å²) >= 11 is 0. The summed E-state index contributed by atoms with van der Waals surface area (Å²) in [4.78, 5) is 0. The fourth-order valence-electron chi connectivity index (χ4n) is 1.79. The van der Waals surface area contributed by atoms with Crippen molar-refractivity contribution in [3.63, 3.8) is 0 Å². The van der Waals surface area contributed by atoms with Gasteiger partial charge in [0.1, 0.15) is 0 Å². The molecule has 1 atom stereocenters. The molecule has 0 aromatic rings. The molecule has 0 saturated carbocycles. The molecule has 0 spiro atoms. The molecular weight excluding hydrogens is 144 g/mol. The molecule has 0 nitrogen and oxygen atoms in total. The molecule has 0 fully saturated rings. The first-order valence-corrected chi connectivity index (χ1v) is 4.68. The van der Waals surface area contributed by atoms with E-state index in [0.29, 0.717) is 5.92 Å². The van der Waals surface area contributed by atoms with Crippen molar-refractivity contribution < 1.29 is 0 Å². The first kappa shape index (κ1) is 9.31. The zero-order valence-electron chi connectivity index (χ0n) is 8.30. The van der Waals surface area contributed by atoms with Gasteiger partial charge in [-0.25, -0.2) is 0 Å². The van der Waals surface area contributed by atoms with Gasteiger partial charge in [0.2, 0.25) is 0 Å². The van der Waals surface area contributed by atoms with Crippen molar-refractivity contribution in [3.8, 4) is 0 Å². The number of hydrogen-bond acceptors (Lipinski definition) is 0. The van der Waals surface area contributed by atoms with E-state index in [1.54, 1.807) is 0 Å². The molecule has 0 bridgehead atoms. The maximum absolute atomic E-state index is 4.01. The Morgan fingerprint density at radius 3 is 2.42 bits per heavy atom. The average molecular weight is 162 g/mol. The largest absolute Gasteiger partial charge is 0.0915 e. The minimum Gasteiger partial charge on any atom is -0.0915 e. The average Bonchev–Trinajstić information content (AvgIpc) is 2.33. The Hall–Kier alpha value is -0.780. The molecule has 1 unspecified atom stereocenters. The molecule has 0 amide bonds. The van der Waals surface area contributed by atoms with E-state index in [0.717, 1.165) is 5.92 Å². The number of hydrogen-bond donors (Lipinski definition) is 0. The molecule has 1 aliphatic rings. The van der Waals surface area contributed by atoms with E-state index >= 15 is 0 Å². The highest BCUT2D eigenvalue weighted by Gasteiger charge is 2.13. The Morgan fingerprint density at radius 1 is 1.33 bits per heavy atom. The molecule has 0 aromatic heterocycles. The van der Waals surface area contributed by atoms with Gasteiger partial charge in [-0.3, -0.25) is 0 Å². The Bertz CT molecular complexity index is 228. The highest BCUT2D eigenvalue weighted by molar-refractivity contribution is 5.47. The van der Waals surface area contributed by atoms with Crippen LogP contribution in [0.2, 0.25) is 0 Å². The highest BCUT2D eigenvalue weighted by Crippen LogP contribution is 2.28. The second-order valence-electron chi connectivity index (χ2n) is 4.04. The zero-order valence-corrected chi connectivity index (χ0v) is 8.30. The summed E-state index contributed by atoms with van der Waals surface area (Å²) in [5.41, 5.74) is 2.62. The van der Waals surface area contributed by atoms with Gasteiger partial charge in [-0.15, -0.1) is 0 Å². The van der Waals surface area contributed by atoms with Crippen molar-refractivity contribution in [3.05, 3.63) is 36.0 Å². The molecule has 0 aromatic carbocycles.